The Kier molecular flexibility index (Phi) is 2.35. The van der Waals surface area contributed by atoms with Gasteiger partial charge in [0.1, 0.15) is 5.15 Å². The highest BCUT2D eigenvalue weighted by Crippen LogP contribution is 2.10. The Labute approximate surface area is 69.4 Å². The Morgan fingerprint density at radius 2 is 2.27 bits per heavy atom. The first-order valence-corrected chi connectivity index (χ1v) is 3.51. The number of nitrogens with zero attached hydrogens (tertiary/aromatic N) is 1. The van der Waals surface area contributed by atoms with E-state index >= 15 is 0 Å². The second-order valence-corrected chi connectivity index (χ2v) is 2.52. The standard InChI is InChI=1S/C4H2ClFN2O2S/c5-2-1-3(9)7-4(10)8(2)11-6/h1H,(H,7,9,10). The van der Waals surface area contributed by atoms with Crippen LogP contribution in [0.15, 0.2) is 15.7 Å². The predicted octanol–water partition coefficient (Wildman–Crippen LogP) is 0.571. The third-order valence-electron chi connectivity index (χ3n) is 0.928. The lowest BCUT2D eigenvalue weighted by atomic mass is 10.7. The van der Waals surface area contributed by atoms with Gasteiger partial charge in [0.2, 0.25) is 0 Å². The Morgan fingerprint density at radius 3 is 2.73 bits per heavy atom. The quantitative estimate of drug-likeness (QED) is 0.669. The Hall–Kier alpha value is -0.750. The molecule has 4 nitrogen and oxygen atoms in total. The van der Waals surface area contributed by atoms with Gasteiger partial charge in [-0.3, -0.25) is 9.78 Å². The molecule has 0 aromatic carbocycles. The van der Waals surface area contributed by atoms with Crippen molar-refractivity contribution in [3.05, 3.63) is 32.1 Å². The van der Waals surface area contributed by atoms with Crippen molar-refractivity contribution in [2.45, 2.75) is 0 Å². The van der Waals surface area contributed by atoms with Crippen molar-refractivity contribution in [2.24, 2.45) is 0 Å². The van der Waals surface area contributed by atoms with E-state index in [0.29, 0.717) is 3.97 Å². The van der Waals surface area contributed by atoms with Crippen LogP contribution in [-0.4, -0.2) is 8.96 Å². The van der Waals surface area contributed by atoms with Crippen molar-refractivity contribution in [3.8, 4) is 0 Å². The van der Waals surface area contributed by atoms with Gasteiger partial charge >= 0.3 is 5.69 Å². The van der Waals surface area contributed by atoms with Crippen molar-refractivity contribution in [3.63, 3.8) is 0 Å². The van der Waals surface area contributed by atoms with Crippen molar-refractivity contribution in [1.29, 1.82) is 0 Å². The molecule has 0 unspecified atom stereocenters. The largest absolute Gasteiger partial charge is 0.341 e. The molecule has 0 aliphatic carbocycles. The molecule has 0 atom stereocenters. The zero-order valence-corrected chi connectivity index (χ0v) is 6.58. The lowest BCUT2D eigenvalue weighted by Gasteiger charge is -1.96. The Bertz CT molecular complexity index is 373. The van der Waals surface area contributed by atoms with Gasteiger partial charge in [-0.2, -0.15) is 3.97 Å². The van der Waals surface area contributed by atoms with E-state index in [4.69, 9.17) is 11.6 Å². The summed E-state index contributed by atoms with van der Waals surface area (Å²) in [7, 11) is 0. The first-order valence-electron chi connectivity index (χ1n) is 2.46. The van der Waals surface area contributed by atoms with Crippen molar-refractivity contribution >= 4 is 23.9 Å². The minimum Gasteiger partial charge on any atom is -0.273 e. The van der Waals surface area contributed by atoms with E-state index in [9.17, 15) is 13.5 Å². The third kappa shape index (κ3) is 1.63. The first kappa shape index (κ1) is 8.35. The van der Waals surface area contributed by atoms with Gasteiger partial charge in [0, 0.05) is 6.07 Å². The van der Waals surface area contributed by atoms with Crippen LogP contribution in [0.3, 0.4) is 0 Å². The van der Waals surface area contributed by atoms with Gasteiger partial charge in [-0.15, -0.1) is 3.89 Å². The number of aromatic amines is 1. The summed E-state index contributed by atoms with van der Waals surface area (Å²) in [5, 5.41) is -0.244. The maximum Gasteiger partial charge on any atom is 0.341 e. The van der Waals surface area contributed by atoms with Crippen LogP contribution >= 0.6 is 23.9 Å². The van der Waals surface area contributed by atoms with E-state index in [0.717, 1.165) is 6.07 Å². The minimum atomic E-state index is -0.880. The molecule has 60 valence electrons. The molecule has 0 radical (unpaired) electrons. The summed E-state index contributed by atoms with van der Waals surface area (Å²) in [6.45, 7) is 0. The second kappa shape index (κ2) is 3.10. The molecule has 1 N–H and O–H groups in total. The highest BCUT2D eigenvalue weighted by molar-refractivity contribution is 7.92. The molecule has 11 heavy (non-hydrogen) atoms. The highest BCUT2D eigenvalue weighted by atomic mass is 35.5. The lowest BCUT2D eigenvalue weighted by Crippen LogP contribution is -2.26. The molecule has 1 aromatic rings. The molecule has 1 rings (SSSR count). The molecular formula is C4H2ClFN2O2S. The van der Waals surface area contributed by atoms with Gasteiger partial charge in [-0.05, 0) is 0 Å². The van der Waals surface area contributed by atoms with E-state index in [1.807, 2.05) is 4.98 Å². The average Bonchev–Trinajstić information content (AvgIpc) is 1.85. The third-order valence-corrected chi connectivity index (χ3v) is 1.81. The number of halogens is 2. The summed E-state index contributed by atoms with van der Waals surface area (Å²) in [4.78, 5) is 23.0. The van der Waals surface area contributed by atoms with Gasteiger partial charge in [-0.25, -0.2) is 4.79 Å². The predicted molar refractivity (Wildman–Crippen MR) is 40.4 cm³/mol. The molecule has 0 bridgehead atoms. The van der Waals surface area contributed by atoms with E-state index in [1.165, 1.54) is 0 Å². The molecule has 0 aliphatic heterocycles. The molecule has 0 aliphatic rings. The maximum absolute atomic E-state index is 11.9. The molecule has 0 saturated carbocycles. The first-order chi connectivity index (χ1) is 5.15. The van der Waals surface area contributed by atoms with E-state index in [2.05, 4.69) is 0 Å². The van der Waals surface area contributed by atoms with Crippen LogP contribution in [0, 0.1) is 0 Å². The fourth-order valence-electron chi connectivity index (χ4n) is 0.520. The van der Waals surface area contributed by atoms with Crippen molar-refractivity contribution < 1.29 is 3.89 Å². The number of hydrogen-bond acceptors (Lipinski definition) is 3. The Balaban J connectivity index is 3.49. The van der Waals surface area contributed by atoms with Crippen LogP contribution in [-0.2, 0) is 0 Å². The average molecular weight is 197 g/mol. The fraction of sp³-hybridized carbons (Fsp3) is 0. The number of aromatic nitrogens is 2. The molecule has 1 aromatic heterocycles. The Morgan fingerprint density at radius 1 is 1.64 bits per heavy atom. The molecule has 1 heterocycles. The van der Waals surface area contributed by atoms with Crippen molar-refractivity contribution in [2.75, 3.05) is 0 Å². The van der Waals surface area contributed by atoms with Gasteiger partial charge < -0.3 is 0 Å². The molecule has 0 spiro atoms. The summed E-state index contributed by atoms with van der Waals surface area (Å²) in [5.74, 6) is 0. The van der Waals surface area contributed by atoms with E-state index < -0.39 is 11.2 Å². The molecular weight excluding hydrogens is 195 g/mol. The molecule has 0 amide bonds. The minimum absolute atomic E-state index is 0.244. The SMILES string of the molecule is O=c1cc(Cl)n(SF)c(=O)[nH]1. The van der Waals surface area contributed by atoms with Crippen LogP contribution in [0.25, 0.3) is 0 Å². The molecule has 0 fully saturated rings. The number of nitrogens with one attached hydrogen (secondary N) is 1. The number of rotatable bonds is 1. The van der Waals surface area contributed by atoms with Gasteiger partial charge in [-0.1, -0.05) is 11.6 Å². The van der Waals surface area contributed by atoms with Gasteiger partial charge in [0.15, 0.2) is 12.3 Å². The molecule has 0 saturated heterocycles. The topological polar surface area (TPSA) is 54.9 Å². The van der Waals surface area contributed by atoms with Crippen LogP contribution in [0.4, 0.5) is 3.89 Å². The van der Waals surface area contributed by atoms with Crippen molar-refractivity contribution in [1.82, 2.24) is 8.96 Å². The smallest absolute Gasteiger partial charge is 0.273 e. The summed E-state index contributed by atoms with van der Waals surface area (Å²) < 4.78 is 12.4. The second-order valence-electron chi connectivity index (χ2n) is 1.62. The molecule has 7 heteroatoms. The van der Waals surface area contributed by atoms with Crippen LogP contribution in [0.2, 0.25) is 5.15 Å². The maximum atomic E-state index is 11.9. The van der Waals surface area contributed by atoms with Crippen LogP contribution in [0.1, 0.15) is 0 Å². The van der Waals surface area contributed by atoms with Crippen LogP contribution < -0.4 is 11.2 Å². The van der Waals surface area contributed by atoms with E-state index in [-0.39, 0.29) is 17.5 Å². The summed E-state index contributed by atoms with van der Waals surface area (Å²) in [6.07, 6.45) is 0. The monoisotopic (exact) mass is 196 g/mol. The van der Waals surface area contributed by atoms with Crippen LogP contribution in [0.5, 0.6) is 0 Å². The highest BCUT2D eigenvalue weighted by Gasteiger charge is 2.02. The zero-order valence-electron chi connectivity index (χ0n) is 5.01. The number of H-pyrrole nitrogens is 1. The summed E-state index contributed by atoms with van der Waals surface area (Å²) >= 11 is 4.95. The lowest BCUT2D eigenvalue weighted by molar-refractivity contribution is 0.885. The van der Waals surface area contributed by atoms with E-state index in [1.54, 1.807) is 0 Å². The van der Waals surface area contributed by atoms with Gasteiger partial charge in [0.25, 0.3) is 5.56 Å². The number of hydrogen-bond donors (Lipinski definition) is 1. The van der Waals surface area contributed by atoms with Gasteiger partial charge in [0.05, 0.1) is 0 Å². The fourth-order valence-corrected chi connectivity index (χ4v) is 1.00. The normalized spacial score (nSPS) is 10.0. The zero-order chi connectivity index (χ0) is 8.43. The summed E-state index contributed by atoms with van der Waals surface area (Å²) in [5.41, 5.74) is -1.53. The summed E-state index contributed by atoms with van der Waals surface area (Å²) in [6, 6.07) is 0.912.